The smallest absolute Gasteiger partial charge is 0.364 e. The molecular formula is C19H23N3O4S. The monoisotopic (exact) mass is 389 g/mol. The van der Waals surface area contributed by atoms with Crippen LogP contribution in [0.3, 0.4) is 0 Å². The zero-order chi connectivity index (χ0) is 19.0. The van der Waals surface area contributed by atoms with Crippen molar-refractivity contribution in [3.05, 3.63) is 34.9 Å². The molecule has 1 aromatic carbocycles. The number of imidazole rings is 1. The van der Waals surface area contributed by atoms with Gasteiger partial charge in [0.05, 0.1) is 16.7 Å². The highest BCUT2D eigenvalue weighted by molar-refractivity contribution is 7.89. The number of nitrogens with zero attached hydrogens (tertiary/aromatic N) is 2. The van der Waals surface area contributed by atoms with Crippen molar-refractivity contribution >= 4 is 32.0 Å². The molecule has 1 aliphatic carbocycles. The van der Waals surface area contributed by atoms with E-state index in [0.717, 1.165) is 38.5 Å². The normalized spacial score (nSPS) is 17.2. The lowest BCUT2D eigenvalue weighted by molar-refractivity contribution is 0.426. The number of aryl methyl sites for hydroxylation is 1. The van der Waals surface area contributed by atoms with Gasteiger partial charge in [0.1, 0.15) is 5.58 Å². The zero-order valence-corrected chi connectivity index (χ0v) is 16.1. The van der Waals surface area contributed by atoms with Crippen molar-refractivity contribution < 1.29 is 12.8 Å². The first-order valence-electron chi connectivity index (χ1n) is 9.36. The van der Waals surface area contributed by atoms with Crippen molar-refractivity contribution in [3.8, 4) is 0 Å². The zero-order valence-electron chi connectivity index (χ0n) is 15.3. The summed E-state index contributed by atoms with van der Waals surface area (Å²) < 4.78 is 35.7. The Morgan fingerprint density at radius 1 is 1.15 bits per heavy atom. The lowest BCUT2D eigenvalue weighted by Gasteiger charge is -2.21. The first-order valence-corrected chi connectivity index (χ1v) is 10.8. The summed E-state index contributed by atoms with van der Waals surface area (Å²) in [6.45, 7) is 0. The maximum Gasteiger partial charge on any atom is 0.364 e. The van der Waals surface area contributed by atoms with Crippen molar-refractivity contribution in [2.45, 2.75) is 55.9 Å². The summed E-state index contributed by atoms with van der Waals surface area (Å²) in [7, 11) is -1.89. The van der Waals surface area contributed by atoms with Crippen LogP contribution in [0.2, 0.25) is 0 Å². The van der Waals surface area contributed by atoms with Gasteiger partial charge in [0.15, 0.2) is 5.52 Å². The Balaban J connectivity index is 1.74. The van der Waals surface area contributed by atoms with Crippen molar-refractivity contribution in [1.82, 2.24) is 14.3 Å². The average molecular weight is 389 g/mol. The number of rotatable bonds is 3. The molecule has 0 spiro atoms. The fourth-order valence-electron chi connectivity index (χ4n) is 3.86. The largest absolute Gasteiger partial charge is 0.421 e. The molecule has 2 aromatic heterocycles. The lowest BCUT2D eigenvalue weighted by Crippen LogP contribution is -2.35. The second-order valence-corrected chi connectivity index (χ2v) is 8.98. The highest BCUT2D eigenvalue weighted by Gasteiger charge is 2.22. The molecule has 0 saturated heterocycles. The van der Waals surface area contributed by atoms with Crippen molar-refractivity contribution in [2.24, 2.45) is 7.05 Å². The Morgan fingerprint density at radius 3 is 2.59 bits per heavy atom. The second kappa shape index (κ2) is 7.09. The van der Waals surface area contributed by atoms with Crippen LogP contribution in [-0.4, -0.2) is 24.0 Å². The maximum absolute atomic E-state index is 12.9. The van der Waals surface area contributed by atoms with Crippen LogP contribution in [0.1, 0.15) is 44.9 Å². The summed E-state index contributed by atoms with van der Waals surface area (Å²) in [4.78, 5) is 16.3. The van der Waals surface area contributed by atoms with E-state index in [0.29, 0.717) is 16.5 Å². The van der Waals surface area contributed by atoms with Crippen LogP contribution >= 0.6 is 0 Å². The van der Waals surface area contributed by atoms with E-state index in [9.17, 15) is 13.2 Å². The van der Waals surface area contributed by atoms with Gasteiger partial charge in [0, 0.05) is 18.5 Å². The molecule has 4 rings (SSSR count). The quantitative estimate of drug-likeness (QED) is 0.695. The van der Waals surface area contributed by atoms with Crippen LogP contribution in [0, 0.1) is 0 Å². The highest BCUT2D eigenvalue weighted by atomic mass is 32.2. The summed E-state index contributed by atoms with van der Waals surface area (Å²) in [6.07, 6.45) is 8.90. The molecule has 3 aromatic rings. The van der Waals surface area contributed by atoms with Gasteiger partial charge < -0.3 is 8.98 Å². The Morgan fingerprint density at radius 2 is 1.85 bits per heavy atom. The van der Waals surface area contributed by atoms with Crippen LogP contribution in [0.25, 0.3) is 22.0 Å². The molecule has 0 amide bonds. The Hall–Kier alpha value is -2.19. The van der Waals surface area contributed by atoms with Crippen LogP contribution in [0.4, 0.5) is 0 Å². The predicted octanol–water partition coefficient (Wildman–Crippen LogP) is 3.07. The molecular weight excluding hydrogens is 366 g/mol. The van der Waals surface area contributed by atoms with Gasteiger partial charge in [-0.1, -0.05) is 32.1 Å². The minimum absolute atomic E-state index is 0.0311. The molecule has 7 nitrogen and oxygen atoms in total. The maximum atomic E-state index is 12.9. The van der Waals surface area contributed by atoms with Gasteiger partial charge in [0.25, 0.3) is 0 Å². The predicted molar refractivity (Wildman–Crippen MR) is 103 cm³/mol. The number of fused-ring (bicyclic) bond motifs is 3. The van der Waals surface area contributed by atoms with Gasteiger partial charge in [-0.2, -0.15) is 0 Å². The second-order valence-electron chi connectivity index (χ2n) is 7.26. The third kappa shape index (κ3) is 3.51. The van der Waals surface area contributed by atoms with Crippen molar-refractivity contribution in [3.63, 3.8) is 0 Å². The first-order chi connectivity index (χ1) is 13.0. The first kappa shape index (κ1) is 18.2. The van der Waals surface area contributed by atoms with E-state index < -0.39 is 15.6 Å². The van der Waals surface area contributed by atoms with Crippen LogP contribution in [0.15, 0.2) is 38.6 Å². The minimum atomic E-state index is -3.65. The van der Waals surface area contributed by atoms with E-state index in [2.05, 4.69) is 9.71 Å². The topological polar surface area (TPSA) is 94.2 Å². The van der Waals surface area contributed by atoms with Gasteiger partial charge >= 0.3 is 5.63 Å². The molecule has 27 heavy (non-hydrogen) atoms. The molecule has 2 heterocycles. The summed E-state index contributed by atoms with van der Waals surface area (Å²) in [6, 6.07) is 4.55. The highest BCUT2D eigenvalue weighted by Crippen LogP contribution is 2.26. The van der Waals surface area contributed by atoms with Crippen molar-refractivity contribution in [2.75, 3.05) is 0 Å². The summed E-state index contributed by atoms with van der Waals surface area (Å²) in [5.41, 5.74) is 0.596. The molecule has 8 heteroatoms. The van der Waals surface area contributed by atoms with Crippen LogP contribution in [0.5, 0.6) is 0 Å². The minimum Gasteiger partial charge on any atom is -0.421 e. The molecule has 0 atom stereocenters. The van der Waals surface area contributed by atoms with Gasteiger partial charge in [-0.15, -0.1) is 0 Å². The van der Waals surface area contributed by atoms with Gasteiger partial charge in [-0.05, 0) is 31.0 Å². The van der Waals surface area contributed by atoms with E-state index in [1.807, 2.05) is 0 Å². The van der Waals surface area contributed by atoms with E-state index in [-0.39, 0.29) is 16.5 Å². The number of sulfonamides is 1. The van der Waals surface area contributed by atoms with Crippen LogP contribution in [-0.2, 0) is 17.1 Å². The van der Waals surface area contributed by atoms with Crippen LogP contribution < -0.4 is 10.3 Å². The van der Waals surface area contributed by atoms with Gasteiger partial charge in [0.2, 0.25) is 10.0 Å². The molecule has 1 N–H and O–H groups in total. The Labute approximate surface area is 157 Å². The van der Waals surface area contributed by atoms with Gasteiger partial charge in [-0.25, -0.2) is 22.9 Å². The molecule has 0 aliphatic heterocycles. The number of hydrogen-bond acceptors (Lipinski definition) is 5. The average Bonchev–Trinajstić information content (AvgIpc) is 3.00. The molecule has 0 bridgehead atoms. The summed E-state index contributed by atoms with van der Waals surface area (Å²) in [5.74, 6) is 0. The fraction of sp³-hybridized carbons (Fsp3) is 0.474. The van der Waals surface area contributed by atoms with E-state index >= 15 is 0 Å². The van der Waals surface area contributed by atoms with E-state index in [1.54, 1.807) is 17.7 Å². The molecule has 0 unspecified atom stereocenters. The molecule has 1 saturated carbocycles. The lowest BCUT2D eigenvalue weighted by atomic mass is 9.97. The third-order valence-electron chi connectivity index (χ3n) is 5.28. The Bertz CT molecular complexity index is 1140. The number of nitrogens with one attached hydrogen (secondary N) is 1. The standard InChI is InChI=1S/C19H23N3O4S/c1-22-12-20-17-18(22)15-11-14(9-10-16(15)26-19(17)23)27(24,25)21-13-7-5-3-2-4-6-8-13/h9-13,21H,2-8H2,1H3. The number of hydrogen-bond donors (Lipinski definition) is 1. The summed E-state index contributed by atoms with van der Waals surface area (Å²) >= 11 is 0. The van der Waals surface area contributed by atoms with E-state index in [1.165, 1.54) is 24.9 Å². The third-order valence-corrected chi connectivity index (χ3v) is 6.79. The SMILES string of the molecule is Cn1cnc2c(=O)oc3ccc(S(=O)(=O)NC4CCCCCCC4)cc3c21. The molecule has 144 valence electrons. The summed E-state index contributed by atoms with van der Waals surface area (Å²) in [5, 5.41) is 0.560. The number of aromatic nitrogens is 2. The van der Waals surface area contributed by atoms with E-state index in [4.69, 9.17) is 4.42 Å². The van der Waals surface area contributed by atoms with Gasteiger partial charge in [-0.3, -0.25) is 0 Å². The fourth-order valence-corrected chi connectivity index (χ4v) is 5.19. The Kier molecular flexibility index (Phi) is 4.77. The van der Waals surface area contributed by atoms with Crippen molar-refractivity contribution in [1.29, 1.82) is 0 Å². The molecule has 0 radical (unpaired) electrons. The number of benzene rings is 1. The molecule has 1 fully saturated rings. The molecule has 1 aliphatic rings.